The normalized spacial score (nSPS) is 39.4. The summed E-state index contributed by atoms with van der Waals surface area (Å²) in [5.41, 5.74) is 0. The minimum Gasteiger partial charge on any atom is -0.394 e. The fraction of sp³-hybridized carbons (Fsp3) is 0.889. The third kappa shape index (κ3) is 2.69. The maximum absolute atomic E-state index is 11.1. The third-order valence-corrected chi connectivity index (χ3v) is 2.52. The summed E-state index contributed by atoms with van der Waals surface area (Å²) < 4.78 is 5.06. The summed E-state index contributed by atoms with van der Waals surface area (Å²) >= 11 is 0. The molecule has 5 atom stereocenters. The monoisotopic (exact) mass is 235 g/mol. The molecule has 1 unspecified atom stereocenters. The number of carbonyl (C=O) groups excluding carboxylic acids is 1. The number of amides is 1. The molecule has 94 valence electrons. The van der Waals surface area contributed by atoms with Gasteiger partial charge in [-0.1, -0.05) is 6.92 Å². The van der Waals surface area contributed by atoms with Gasteiger partial charge in [0.2, 0.25) is 5.91 Å². The first kappa shape index (κ1) is 13.3. The van der Waals surface area contributed by atoms with Crippen LogP contribution in [0.5, 0.6) is 0 Å². The molecular weight excluding hydrogens is 218 g/mol. The van der Waals surface area contributed by atoms with Crippen LogP contribution in [0.3, 0.4) is 0 Å². The topological polar surface area (TPSA) is 119 Å². The zero-order chi connectivity index (χ0) is 12.3. The molecule has 5 N–H and O–H groups in total. The van der Waals surface area contributed by atoms with E-state index in [2.05, 4.69) is 5.32 Å². The SMILES string of the molecule is CCC(=O)NC1O[C@H](CO)[C@@H](O)[C@H](O)[C@@H]1O. The van der Waals surface area contributed by atoms with Gasteiger partial charge in [0.25, 0.3) is 0 Å². The van der Waals surface area contributed by atoms with Crippen molar-refractivity contribution in [2.45, 2.75) is 44.0 Å². The molecule has 0 aliphatic carbocycles. The smallest absolute Gasteiger partial charge is 0.221 e. The highest BCUT2D eigenvalue weighted by Gasteiger charge is 2.43. The molecule has 7 nitrogen and oxygen atoms in total. The molecule has 0 spiro atoms. The molecule has 0 aromatic carbocycles. The molecule has 1 saturated heterocycles. The van der Waals surface area contributed by atoms with Crippen molar-refractivity contribution in [1.29, 1.82) is 0 Å². The molecule has 1 aliphatic rings. The lowest BCUT2D eigenvalue weighted by Crippen LogP contribution is -2.63. The number of nitrogens with one attached hydrogen (secondary N) is 1. The molecule has 0 aromatic rings. The Morgan fingerprint density at radius 2 is 1.88 bits per heavy atom. The predicted molar refractivity (Wildman–Crippen MR) is 52.2 cm³/mol. The fourth-order valence-corrected chi connectivity index (χ4v) is 1.48. The van der Waals surface area contributed by atoms with Gasteiger partial charge < -0.3 is 30.5 Å². The second kappa shape index (κ2) is 5.55. The summed E-state index contributed by atoms with van der Waals surface area (Å²) in [6, 6.07) is 0. The molecule has 1 amide bonds. The summed E-state index contributed by atoms with van der Waals surface area (Å²) in [5, 5.41) is 39.6. The van der Waals surface area contributed by atoms with E-state index in [-0.39, 0.29) is 12.3 Å². The van der Waals surface area contributed by atoms with Crippen LogP contribution in [0.25, 0.3) is 0 Å². The molecule has 0 aromatic heterocycles. The van der Waals surface area contributed by atoms with Crippen LogP contribution in [-0.2, 0) is 9.53 Å². The minimum absolute atomic E-state index is 0.203. The molecule has 0 saturated carbocycles. The molecule has 0 radical (unpaired) electrons. The van der Waals surface area contributed by atoms with E-state index >= 15 is 0 Å². The highest BCUT2D eigenvalue weighted by molar-refractivity contribution is 5.75. The van der Waals surface area contributed by atoms with Crippen molar-refractivity contribution < 1.29 is 30.0 Å². The van der Waals surface area contributed by atoms with Crippen LogP contribution in [0.4, 0.5) is 0 Å². The Morgan fingerprint density at radius 1 is 1.25 bits per heavy atom. The number of ether oxygens (including phenoxy) is 1. The van der Waals surface area contributed by atoms with Gasteiger partial charge in [-0.05, 0) is 0 Å². The number of hydrogen-bond donors (Lipinski definition) is 5. The van der Waals surface area contributed by atoms with Crippen LogP contribution in [-0.4, -0.2) is 63.6 Å². The number of carbonyl (C=O) groups is 1. The Hall–Kier alpha value is -0.730. The third-order valence-electron chi connectivity index (χ3n) is 2.52. The quantitative estimate of drug-likeness (QED) is 0.363. The Labute approximate surface area is 92.7 Å². The average Bonchev–Trinajstić information content (AvgIpc) is 2.29. The minimum atomic E-state index is -1.46. The average molecular weight is 235 g/mol. The van der Waals surface area contributed by atoms with E-state index in [4.69, 9.17) is 9.84 Å². The van der Waals surface area contributed by atoms with E-state index in [9.17, 15) is 20.1 Å². The first-order chi connectivity index (χ1) is 7.51. The van der Waals surface area contributed by atoms with E-state index in [0.717, 1.165) is 0 Å². The summed E-state index contributed by atoms with van der Waals surface area (Å²) in [5.74, 6) is -0.357. The van der Waals surface area contributed by atoms with Crippen LogP contribution < -0.4 is 5.32 Å². The van der Waals surface area contributed by atoms with E-state index in [1.54, 1.807) is 6.92 Å². The first-order valence-electron chi connectivity index (χ1n) is 5.11. The highest BCUT2D eigenvalue weighted by atomic mass is 16.6. The fourth-order valence-electron chi connectivity index (χ4n) is 1.48. The number of aliphatic hydroxyl groups is 4. The lowest BCUT2D eigenvalue weighted by atomic mass is 9.98. The van der Waals surface area contributed by atoms with Crippen molar-refractivity contribution in [2.24, 2.45) is 0 Å². The molecule has 0 bridgehead atoms. The van der Waals surface area contributed by atoms with Gasteiger partial charge in [0.15, 0.2) is 6.23 Å². The second-order valence-electron chi connectivity index (χ2n) is 3.67. The van der Waals surface area contributed by atoms with Crippen molar-refractivity contribution in [3.05, 3.63) is 0 Å². The van der Waals surface area contributed by atoms with Gasteiger partial charge in [0.1, 0.15) is 24.4 Å². The summed E-state index contributed by atoms with van der Waals surface area (Å²) in [6.07, 6.45) is -6.21. The Kier molecular flexibility index (Phi) is 4.63. The van der Waals surface area contributed by atoms with Gasteiger partial charge in [0, 0.05) is 6.42 Å². The van der Waals surface area contributed by atoms with Gasteiger partial charge in [0.05, 0.1) is 6.61 Å². The Bertz CT molecular complexity index is 246. The molecule has 1 heterocycles. The van der Waals surface area contributed by atoms with Crippen molar-refractivity contribution in [1.82, 2.24) is 5.32 Å². The van der Waals surface area contributed by atoms with Crippen molar-refractivity contribution in [2.75, 3.05) is 6.61 Å². The molecule has 1 fully saturated rings. The predicted octanol–water partition coefficient (Wildman–Crippen LogP) is -2.69. The maximum Gasteiger partial charge on any atom is 0.221 e. The molecule has 1 aliphatic heterocycles. The Morgan fingerprint density at radius 3 is 2.38 bits per heavy atom. The lowest BCUT2D eigenvalue weighted by Gasteiger charge is -2.40. The van der Waals surface area contributed by atoms with Gasteiger partial charge in [-0.3, -0.25) is 4.79 Å². The molecule has 1 rings (SSSR count). The zero-order valence-corrected chi connectivity index (χ0v) is 8.91. The van der Waals surface area contributed by atoms with Crippen molar-refractivity contribution >= 4 is 5.91 Å². The van der Waals surface area contributed by atoms with Crippen LogP contribution in [0, 0.1) is 0 Å². The number of rotatable bonds is 3. The van der Waals surface area contributed by atoms with Crippen LogP contribution in [0.1, 0.15) is 13.3 Å². The van der Waals surface area contributed by atoms with E-state index in [1.165, 1.54) is 0 Å². The largest absolute Gasteiger partial charge is 0.394 e. The van der Waals surface area contributed by atoms with Crippen LogP contribution in [0.2, 0.25) is 0 Å². The van der Waals surface area contributed by atoms with Crippen LogP contribution >= 0.6 is 0 Å². The highest BCUT2D eigenvalue weighted by Crippen LogP contribution is 2.19. The molecule has 7 heteroatoms. The lowest BCUT2D eigenvalue weighted by molar-refractivity contribution is -0.235. The number of hydrogen-bond acceptors (Lipinski definition) is 6. The van der Waals surface area contributed by atoms with E-state index in [0.29, 0.717) is 0 Å². The van der Waals surface area contributed by atoms with E-state index < -0.39 is 37.3 Å². The first-order valence-corrected chi connectivity index (χ1v) is 5.11. The second-order valence-corrected chi connectivity index (χ2v) is 3.67. The Balaban J connectivity index is 2.67. The van der Waals surface area contributed by atoms with Gasteiger partial charge in [-0.2, -0.15) is 0 Å². The zero-order valence-electron chi connectivity index (χ0n) is 8.91. The van der Waals surface area contributed by atoms with E-state index in [1.807, 2.05) is 0 Å². The van der Waals surface area contributed by atoms with Crippen molar-refractivity contribution in [3.8, 4) is 0 Å². The standard InChI is InChI=1S/C9H17NO6/c1-2-5(12)10-9-8(15)7(14)6(13)4(3-11)16-9/h4,6-9,11,13-15H,2-3H2,1H3,(H,10,12)/t4-,6-,7+,8+,9?/m1/s1. The molecular formula is C9H17NO6. The summed E-state index contributed by atoms with van der Waals surface area (Å²) in [4.78, 5) is 11.1. The summed E-state index contributed by atoms with van der Waals surface area (Å²) in [6.45, 7) is 1.11. The van der Waals surface area contributed by atoms with Gasteiger partial charge >= 0.3 is 0 Å². The molecule has 16 heavy (non-hydrogen) atoms. The van der Waals surface area contributed by atoms with Gasteiger partial charge in [-0.25, -0.2) is 0 Å². The van der Waals surface area contributed by atoms with Crippen molar-refractivity contribution in [3.63, 3.8) is 0 Å². The van der Waals surface area contributed by atoms with Crippen LogP contribution in [0.15, 0.2) is 0 Å². The van der Waals surface area contributed by atoms with Gasteiger partial charge in [-0.15, -0.1) is 0 Å². The number of aliphatic hydroxyl groups excluding tert-OH is 4. The summed E-state index contributed by atoms with van der Waals surface area (Å²) in [7, 11) is 0. The maximum atomic E-state index is 11.1.